The molecule has 0 radical (unpaired) electrons. The number of thioether (sulfide) groups is 1. The summed E-state index contributed by atoms with van der Waals surface area (Å²) in [5, 5.41) is 8.61. The number of carbonyl (C=O) groups is 3. The maximum absolute atomic E-state index is 12.7. The molecule has 1 heterocycles. The normalized spacial score (nSPS) is 17.0. The van der Waals surface area contributed by atoms with E-state index in [9.17, 15) is 19.5 Å². The number of imide groups is 1. The number of hydrogen-bond acceptors (Lipinski definition) is 5. The van der Waals surface area contributed by atoms with Crippen LogP contribution in [0.4, 0.5) is 5.69 Å². The van der Waals surface area contributed by atoms with Crippen molar-refractivity contribution in [2.24, 2.45) is 0 Å². The maximum Gasteiger partial charge on any atom is 0.336 e. The minimum Gasteiger partial charge on any atom is -0.497 e. The van der Waals surface area contributed by atoms with Gasteiger partial charge in [-0.05, 0) is 36.4 Å². The zero-order valence-corrected chi connectivity index (χ0v) is 14.2. The van der Waals surface area contributed by atoms with E-state index < -0.39 is 11.2 Å². The van der Waals surface area contributed by atoms with Crippen LogP contribution in [0.15, 0.2) is 53.4 Å². The van der Waals surface area contributed by atoms with Crippen LogP contribution in [0.3, 0.4) is 0 Å². The van der Waals surface area contributed by atoms with Crippen molar-refractivity contribution < 1.29 is 24.2 Å². The number of rotatable bonds is 5. The number of ether oxygens (including phenoxy) is 1. The topological polar surface area (TPSA) is 83.9 Å². The van der Waals surface area contributed by atoms with Crippen LogP contribution in [-0.4, -0.2) is 35.2 Å². The van der Waals surface area contributed by atoms with Crippen molar-refractivity contribution in [2.45, 2.75) is 16.6 Å². The molecule has 2 aromatic carbocycles. The van der Waals surface area contributed by atoms with Gasteiger partial charge in [-0.2, -0.15) is 0 Å². The van der Waals surface area contributed by atoms with Crippen LogP contribution >= 0.6 is 11.8 Å². The van der Waals surface area contributed by atoms with Crippen molar-refractivity contribution in [2.75, 3.05) is 12.0 Å². The molecule has 0 saturated carbocycles. The predicted molar refractivity (Wildman–Crippen MR) is 93.2 cm³/mol. The molecule has 1 aliphatic heterocycles. The molecule has 2 amide bonds. The summed E-state index contributed by atoms with van der Waals surface area (Å²) in [5.41, 5.74) is 0.598. The van der Waals surface area contributed by atoms with Crippen LogP contribution in [-0.2, 0) is 9.59 Å². The minimum absolute atomic E-state index is 0.0312. The second-order valence-corrected chi connectivity index (χ2v) is 6.62. The van der Waals surface area contributed by atoms with Crippen molar-refractivity contribution in [3.8, 4) is 5.75 Å². The van der Waals surface area contributed by atoms with Crippen molar-refractivity contribution in [3.63, 3.8) is 0 Å². The Bertz CT molecular complexity index is 834. The van der Waals surface area contributed by atoms with Gasteiger partial charge in [0.1, 0.15) is 5.75 Å². The third-order valence-corrected chi connectivity index (χ3v) is 5.09. The number of hydrogen-bond donors (Lipinski definition) is 1. The average Bonchev–Trinajstić information content (AvgIpc) is 2.89. The fourth-order valence-corrected chi connectivity index (χ4v) is 3.78. The van der Waals surface area contributed by atoms with Crippen molar-refractivity contribution in [1.82, 2.24) is 0 Å². The molecule has 1 N–H and O–H groups in total. The SMILES string of the molecule is COc1ccc(N2C(=O)C[C@@H](Sc3ccccc3C(=O)O)C2=O)cc1. The molecule has 3 rings (SSSR count). The fraction of sp³-hybridized carbons (Fsp3) is 0.167. The molecular weight excluding hydrogens is 342 g/mol. The van der Waals surface area contributed by atoms with Gasteiger partial charge in [-0.1, -0.05) is 12.1 Å². The molecular formula is C18H15NO5S. The Labute approximate surface area is 148 Å². The van der Waals surface area contributed by atoms with E-state index in [4.69, 9.17) is 4.74 Å². The van der Waals surface area contributed by atoms with Gasteiger partial charge < -0.3 is 9.84 Å². The molecule has 1 saturated heterocycles. The van der Waals surface area contributed by atoms with Crippen LogP contribution in [0.2, 0.25) is 0 Å². The smallest absolute Gasteiger partial charge is 0.336 e. The highest BCUT2D eigenvalue weighted by molar-refractivity contribution is 8.00. The van der Waals surface area contributed by atoms with Crippen molar-refractivity contribution in [1.29, 1.82) is 0 Å². The van der Waals surface area contributed by atoms with Gasteiger partial charge in [0.05, 0.1) is 23.6 Å². The number of carbonyl (C=O) groups excluding carboxylic acids is 2. The highest BCUT2D eigenvalue weighted by Gasteiger charge is 2.40. The standard InChI is InChI=1S/C18H15NO5S/c1-24-12-8-6-11(7-9-12)19-16(20)10-15(17(19)21)25-14-5-3-2-4-13(14)18(22)23/h2-9,15H,10H2,1H3,(H,22,23)/t15-/m1/s1. The van der Waals surface area contributed by atoms with E-state index in [0.29, 0.717) is 16.3 Å². The largest absolute Gasteiger partial charge is 0.497 e. The molecule has 6 nitrogen and oxygen atoms in total. The lowest BCUT2D eigenvalue weighted by atomic mass is 10.2. The molecule has 25 heavy (non-hydrogen) atoms. The Morgan fingerprint density at radius 3 is 2.48 bits per heavy atom. The van der Waals surface area contributed by atoms with E-state index in [2.05, 4.69) is 0 Å². The Hall–Kier alpha value is -2.80. The molecule has 1 aliphatic rings. The Morgan fingerprint density at radius 1 is 1.16 bits per heavy atom. The molecule has 0 unspecified atom stereocenters. The summed E-state index contributed by atoms with van der Waals surface area (Å²) >= 11 is 1.11. The summed E-state index contributed by atoms with van der Waals surface area (Å²) in [4.78, 5) is 37.9. The fourth-order valence-electron chi connectivity index (χ4n) is 2.60. The number of benzene rings is 2. The van der Waals surface area contributed by atoms with Crippen LogP contribution in [0.25, 0.3) is 0 Å². The Balaban J connectivity index is 1.83. The lowest BCUT2D eigenvalue weighted by molar-refractivity contribution is -0.121. The molecule has 0 spiro atoms. The Morgan fingerprint density at radius 2 is 1.84 bits per heavy atom. The first-order chi connectivity index (χ1) is 12.0. The number of carboxylic acids is 1. The van der Waals surface area contributed by atoms with E-state index >= 15 is 0 Å². The van der Waals surface area contributed by atoms with E-state index in [1.54, 1.807) is 42.5 Å². The van der Waals surface area contributed by atoms with Gasteiger partial charge in [-0.25, -0.2) is 9.69 Å². The minimum atomic E-state index is -1.06. The van der Waals surface area contributed by atoms with Crippen LogP contribution < -0.4 is 9.64 Å². The highest BCUT2D eigenvalue weighted by atomic mass is 32.2. The second-order valence-electron chi connectivity index (χ2n) is 5.38. The summed E-state index contributed by atoms with van der Waals surface area (Å²) in [5.74, 6) is -1.09. The molecule has 1 atom stereocenters. The number of nitrogens with zero attached hydrogens (tertiary/aromatic N) is 1. The summed E-state index contributed by atoms with van der Waals surface area (Å²) in [7, 11) is 1.54. The zero-order chi connectivity index (χ0) is 18.0. The summed E-state index contributed by atoms with van der Waals surface area (Å²) in [6.07, 6.45) is 0.0312. The number of carboxylic acid groups (broad SMARTS) is 1. The monoisotopic (exact) mass is 357 g/mol. The van der Waals surface area contributed by atoms with Crippen LogP contribution in [0, 0.1) is 0 Å². The first kappa shape index (κ1) is 17.0. The summed E-state index contributed by atoms with van der Waals surface area (Å²) in [6, 6.07) is 13.1. The van der Waals surface area contributed by atoms with Gasteiger partial charge in [-0.15, -0.1) is 11.8 Å². The van der Waals surface area contributed by atoms with Crippen LogP contribution in [0.1, 0.15) is 16.8 Å². The van der Waals surface area contributed by atoms with E-state index in [1.807, 2.05) is 0 Å². The molecule has 0 aromatic heterocycles. The van der Waals surface area contributed by atoms with Gasteiger partial charge in [0.2, 0.25) is 11.8 Å². The Kier molecular flexibility index (Phi) is 4.76. The number of methoxy groups -OCH3 is 1. The second kappa shape index (κ2) is 6.98. The third kappa shape index (κ3) is 3.36. The van der Waals surface area contributed by atoms with Crippen LogP contribution in [0.5, 0.6) is 5.75 Å². The molecule has 1 fully saturated rings. The van der Waals surface area contributed by atoms with Gasteiger partial charge in [0, 0.05) is 11.3 Å². The lowest BCUT2D eigenvalue weighted by Crippen LogP contribution is -2.31. The third-order valence-electron chi connectivity index (χ3n) is 3.82. The van der Waals surface area contributed by atoms with Gasteiger partial charge in [0.15, 0.2) is 0 Å². The zero-order valence-electron chi connectivity index (χ0n) is 13.3. The molecule has 128 valence electrons. The van der Waals surface area contributed by atoms with Gasteiger partial charge >= 0.3 is 5.97 Å². The molecule has 0 aliphatic carbocycles. The predicted octanol–water partition coefficient (Wildman–Crippen LogP) is 2.82. The molecule has 7 heteroatoms. The average molecular weight is 357 g/mol. The summed E-state index contributed by atoms with van der Waals surface area (Å²) < 4.78 is 5.07. The first-order valence-electron chi connectivity index (χ1n) is 7.51. The first-order valence-corrected chi connectivity index (χ1v) is 8.39. The van der Waals surface area contributed by atoms with Gasteiger partial charge in [-0.3, -0.25) is 9.59 Å². The molecule has 0 bridgehead atoms. The lowest BCUT2D eigenvalue weighted by Gasteiger charge is -2.15. The van der Waals surface area contributed by atoms with Gasteiger partial charge in [0.25, 0.3) is 0 Å². The number of amides is 2. The summed E-state index contributed by atoms with van der Waals surface area (Å²) in [6.45, 7) is 0. The highest BCUT2D eigenvalue weighted by Crippen LogP contribution is 2.35. The number of aromatic carboxylic acids is 1. The number of anilines is 1. The van der Waals surface area contributed by atoms with E-state index in [-0.39, 0.29) is 23.8 Å². The van der Waals surface area contributed by atoms with E-state index in [1.165, 1.54) is 13.2 Å². The van der Waals surface area contributed by atoms with Crippen molar-refractivity contribution in [3.05, 3.63) is 54.1 Å². The maximum atomic E-state index is 12.7. The quantitative estimate of drug-likeness (QED) is 0.829. The van der Waals surface area contributed by atoms with Crippen molar-refractivity contribution >= 4 is 35.2 Å². The molecule has 2 aromatic rings. The van der Waals surface area contributed by atoms with E-state index in [0.717, 1.165) is 16.7 Å².